The largest absolute Gasteiger partial charge is 0.456 e. The average Bonchev–Trinajstić information content (AvgIpc) is 2.04. The highest BCUT2D eigenvalue weighted by molar-refractivity contribution is 9.10. The Bertz CT molecular complexity index is 334. The number of halogens is 2. The van der Waals surface area contributed by atoms with Crippen LogP contribution < -0.4 is 4.74 Å². The Morgan fingerprint density at radius 1 is 1.77 bits per heavy atom. The summed E-state index contributed by atoms with van der Waals surface area (Å²) in [6.45, 7) is -1.11. The number of nitro groups is 1. The monoisotopic (exact) mass is 250 g/mol. The molecule has 1 aromatic heterocycles. The van der Waals surface area contributed by atoms with Gasteiger partial charge in [0.05, 0.1) is 4.92 Å². The molecule has 5 nitrogen and oxygen atoms in total. The standard InChI is InChI=1S/C6H4BrFN2O3/c7-6-5(10(11)12)4(13-3-8)1-2-9-6/h1-2H,3H2. The van der Waals surface area contributed by atoms with Crippen molar-refractivity contribution in [3.8, 4) is 5.75 Å². The number of aromatic nitrogens is 1. The van der Waals surface area contributed by atoms with Gasteiger partial charge in [-0.25, -0.2) is 9.37 Å². The zero-order valence-corrected chi connectivity index (χ0v) is 7.82. The van der Waals surface area contributed by atoms with Crippen LogP contribution in [0.3, 0.4) is 0 Å². The Morgan fingerprint density at radius 3 is 3.00 bits per heavy atom. The normalized spacial score (nSPS) is 9.69. The smallest absolute Gasteiger partial charge is 0.343 e. The Balaban J connectivity index is 3.17. The van der Waals surface area contributed by atoms with Crippen molar-refractivity contribution in [1.82, 2.24) is 4.98 Å². The maximum absolute atomic E-state index is 11.8. The van der Waals surface area contributed by atoms with Crippen molar-refractivity contribution in [2.24, 2.45) is 0 Å². The van der Waals surface area contributed by atoms with Crippen LogP contribution in [0.5, 0.6) is 5.75 Å². The highest BCUT2D eigenvalue weighted by atomic mass is 79.9. The maximum atomic E-state index is 11.8. The number of hydrogen-bond acceptors (Lipinski definition) is 4. The third kappa shape index (κ3) is 2.11. The molecule has 0 aliphatic rings. The van der Waals surface area contributed by atoms with Crippen LogP contribution in [0.2, 0.25) is 0 Å². The number of hydrogen-bond donors (Lipinski definition) is 0. The molecule has 1 rings (SSSR count). The highest BCUT2D eigenvalue weighted by Gasteiger charge is 2.20. The number of pyridine rings is 1. The van der Waals surface area contributed by atoms with Gasteiger partial charge in [0, 0.05) is 12.3 Å². The summed E-state index contributed by atoms with van der Waals surface area (Å²) >= 11 is 2.86. The molecule has 0 amide bonds. The zero-order chi connectivity index (χ0) is 9.84. The summed E-state index contributed by atoms with van der Waals surface area (Å²) in [6.07, 6.45) is 1.28. The lowest BCUT2D eigenvalue weighted by atomic mass is 10.4. The van der Waals surface area contributed by atoms with E-state index in [2.05, 4.69) is 25.7 Å². The summed E-state index contributed by atoms with van der Waals surface area (Å²) in [5.74, 6) is -0.144. The van der Waals surface area contributed by atoms with E-state index < -0.39 is 11.8 Å². The van der Waals surface area contributed by atoms with Crippen molar-refractivity contribution >= 4 is 21.6 Å². The second kappa shape index (κ2) is 4.13. The van der Waals surface area contributed by atoms with Gasteiger partial charge in [0.25, 0.3) is 0 Å². The summed E-state index contributed by atoms with van der Waals surface area (Å²) < 4.78 is 16.2. The summed E-state index contributed by atoms with van der Waals surface area (Å²) in [7, 11) is 0. The van der Waals surface area contributed by atoms with E-state index in [0.29, 0.717) is 0 Å². The molecule has 1 heterocycles. The SMILES string of the molecule is O=[N+]([O-])c1c(OCF)ccnc1Br. The molecule has 0 fully saturated rings. The summed E-state index contributed by atoms with van der Waals surface area (Å²) in [4.78, 5) is 13.4. The Morgan fingerprint density at radius 2 is 2.46 bits per heavy atom. The van der Waals surface area contributed by atoms with Gasteiger partial charge < -0.3 is 4.74 Å². The second-order valence-corrected chi connectivity index (χ2v) is 2.71. The van der Waals surface area contributed by atoms with Gasteiger partial charge in [-0.05, 0) is 15.9 Å². The highest BCUT2D eigenvalue weighted by Crippen LogP contribution is 2.32. The van der Waals surface area contributed by atoms with Gasteiger partial charge in [-0.1, -0.05) is 0 Å². The molecule has 0 aromatic carbocycles. The molecular formula is C6H4BrFN2O3. The lowest BCUT2D eigenvalue weighted by Gasteiger charge is -2.01. The van der Waals surface area contributed by atoms with Crippen molar-refractivity contribution in [3.63, 3.8) is 0 Å². The number of ether oxygens (including phenoxy) is 1. The van der Waals surface area contributed by atoms with Crippen LogP contribution in [0.1, 0.15) is 0 Å². The van der Waals surface area contributed by atoms with Crippen molar-refractivity contribution in [1.29, 1.82) is 0 Å². The minimum atomic E-state index is -1.11. The molecule has 0 atom stereocenters. The van der Waals surface area contributed by atoms with Crippen LogP contribution in [0.15, 0.2) is 16.9 Å². The van der Waals surface area contributed by atoms with Gasteiger partial charge in [-0.15, -0.1) is 0 Å². The van der Waals surface area contributed by atoms with E-state index in [0.717, 1.165) is 0 Å². The van der Waals surface area contributed by atoms with Gasteiger partial charge >= 0.3 is 5.69 Å². The Labute approximate surface area is 80.8 Å². The van der Waals surface area contributed by atoms with Crippen molar-refractivity contribution in [3.05, 3.63) is 27.0 Å². The minimum absolute atomic E-state index is 0.0171. The number of rotatable bonds is 3. The first-order valence-corrected chi connectivity index (χ1v) is 3.93. The van der Waals surface area contributed by atoms with Crippen molar-refractivity contribution in [2.45, 2.75) is 0 Å². The molecule has 70 valence electrons. The van der Waals surface area contributed by atoms with Crippen LogP contribution in [0.25, 0.3) is 0 Å². The summed E-state index contributed by atoms with van der Waals surface area (Å²) in [6, 6.07) is 1.22. The van der Waals surface area contributed by atoms with E-state index in [4.69, 9.17) is 0 Å². The minimum Gasteiger partial charge on any atom is -0.456 e. The van der Waals surface area contributed by atoms with E-state index in [-0.39, 0.29) is 16.0 Å². The van der Waals surface area contributed by atoms with E-state index in [1.165, 1.54) is 12.3 Å². The molecular weight excluding hydrogens is 247 g/mol. The van der Waals surface area contributed by atoms with Gasteiger partial charge in [0.1, 0.15) is 0 Å². The van der Waals surface area contributed by atoms with Crippen LogP contribution >= 0.6 is 15.9 Å². The first-order chi connectivity index (χ1) is 6.16. The van der Waals surface area contributed by atoms with Gasteiger partial charge in [0.15, 0.2) is 4.60 Å². The van der Waals surface area contributed by atoms with Gasteiger partial charge in [-0.3, -0.25) is 10.1 Å². The van der Waals surface area contributed by atoms with Gasteiger partial charge in [0.2, 0.25) is 12.6 Å². The van der Waals surface area contributed by atoms with E-state index in [1.807, 2.05) is 0 Å². The number of nitrogens with zero attached hydrogens (tertiary/aromatic N) is 2. The molecule has 0 spiro atoms. The molecule has 7 heteroatoms. The van der Waals surface area contributed by atoms with E-state index >= 15 is 0 Å². The third-order valence-corrected chi connectivity index (χ3v) is 1.82. The van der Waals surface area contributed by atoms with E-state index in [9.17, 15) is 14.5 Å². The van der Waals surface area contributed by atoms with Crippen LogP contribution in [-0.2, 0) is 0 Å². The molecule has 0 aliphatic carbocycles. The van der Waals surface area contributed by atoms with Crippen molar-refractivity contribution < 1.29 is 14.1 Å². The summed E-state index contributed by atoms with van der Waals surface area (Å²) in [5, 5.41) is 10.5. The molecule has 0 aliphatic heterocycles. The fourth-order valence-electron chi connectivity index (χ4n) is 0.753. The molecule has 0 saturated heterocycles. The predicted molar refractivity (Wildman–Crippen MR) is 45.2 cm³/mol. The van der Waals surface area contributed by atoms with Crippen molar-refractivity contribution in [2.75, 3.05) is 6.86 Å². The maximum Gasteiger partial charge on any atom is 0.343 e. The second-order valence-electron chi connectivity index (χ2n) is 1.96. The number of alkyl halides is 1. The molecule has 0 bridgehead atoms. The average molecular weight is 251 g/mol. The van der Waals surface area contributed by atoms with Crippen LogP contribution in [0, 0.1) is 10.1 Å². The molecule has 0 radical (unpaired) electrons. The lowest BCUT2D eigenvalue weighted by Crippen LogP contribution is -1.98. The predicted octanol–water partition coefficient (Wildman–Crippen LogP) is 2.06. The molecule has 0 unspecified atom stereocenters. The molecule has 1 aromatic rings. The lowest BCUT2D eigenvalue weighted by molar-refractivity contribution is -0.387. The Hall–Kier alpha value is -1.24. The first kappa shape index (κ1) is 9.85. The first-order valence-electron chi connectivity index (χ1n) is 3.14. The summed E-state index contributed by atoms with van der Waals surface area (Å²) in [5.41, 5.74) is -0.375. The zero-order valence-electron chi connectivity index (χ0n) is 6.24. The van der Waals surface area contributed by atoms with Crippen LogP contribution in [-0.4, -0.2) is 16.8 Å². The fraction of sp³-hybridized carbons (Fsp3) is 0.167. The molecule has 0 N–H and O–H groups in total. The topological polar surface area (TPSA) is 65.3 Å². The quantitative estimate of drug-likeness (QED) is 0.468. The molecule has 13 heavy (non-hydrogen) atoms. The molecule has 0 saturated carbocycles. The Kier molecular flexibility index (Phi) is 3.13. The van der Waals surface area contributed by atoms with Crippen LogP contribution in [0.4, 0.5) is 10.1 Å². The van der Waals surface area contributed by atoms with E-state index in [1.54, 1.807) is 0 Å². The third-order valence-electron chi connectivity index (χ3n) is 1.24. The fourth-order valence-corrected chi connectivity index (χ4v) is 1.21. The van der Waals surface area contributed by atoms with Gasteiger partial charge in [-0.2, -0.15) is 0 Å².